The fraction of sp³-hybridized carbons (Fsp3) is 0.435. The zero-order valence-corrected chi connectivity index (χ0v) is 20.7. The molecule has 0 aromatic heterocycles. The Morgan fingerprint density at radius 3 is 2.67 bits per heavy atom. The number of β-lactam (4-membered cyclic amide) rings is 1. The highest BCUT2D eigenvalue weighted by Gasteiger charge is 2.50. The Morgan fingerprint density at radius 1 is 1.28 bits per heavy atom. The lowest BCUT2D eigenvalue weighted by Gasteiger charge is -2.46. The van der Waals surface area contributed by atoms with Gasteiger partial charge >= 0.3 is 11.9 Å². The Bertz CT molecular complexity index is 999. The smallest absolute Gasteiger partial charge is 0.323 e. The fourth-order valence-corrected chi connectivity index (χ4v) is 4.42. The number of ether oxygens (including phenoxy) is 3. The molecule has 1 fully saturated rings. The molecule has 2 amide bonds. The van der Waals surface area contributed by atoms with Crippen molar-refractivity contribution in [1.82, 2.24) is 10.2 Å². The van der Waals surface area contributed by atoms with Crippen molar-refractivity contribution in [2.75, 3.05) is 25.5 Å². The largest absolute Gasteiger partial charge is 0.612 e. The van der Waals surface area contributed by atoms with Crippen LogP contribution in [0.1, 0.15) is 26.7 Å². The van der Waals surface area contributed by atoms with Crippen molar-refractivity contribution in [3.8, 4) is 11.5 Å². The van der Waals surface area contributed by atoms with Crippen LogP contribution in [0.4, 0.5) is 0 Å². The molecule has 1 heterocycles. The minimum absolute atomic E-state index is 0.00275. The van der Waals surface area contributed by atoms with Crippen LogP contribution in [0.3, 0.4) is 0 Å². The first-order valence-electron chi connectivity index (χ1n) is 11.0. The molecule has 36 heavy (non-hydrogen) atoms. The number of benzene rings is 1. The van der Waals surface area contributed by atoms with Crippen LogP contribution in [-0.4, -0.2) is 82.4 Å². The van der Waals surface area contributed by atoms with E-state index in [9.17, 15) is 28.5 Å². The van der Waals surface area contributed by atoms with E-state index < -0.39 is 60.2 Å². The molecule has 12 nitrogen and oxygen atoms in total. The van der Waals surface area contributed by atoms with Gasteiger partial charge in [0.05, 0.1) is 19.1 Å². The molecule has 0 saturated carbocycles. The third-order valence-electron chi connectivity index (χ3n) is 4.94. The van der Waals surface area contributed by atoms with E-state index in [1.807, 2.05) is 6.92 Å². The van der Waals surface area contributed by atoms with E-state index in [1.54, 1.807) is 13.0 Å². The van der Waals surface area contributed by atoms with Gasteiger partial charge in [-0.25, -0.2) is 0 Å². The zero-order valence-electron chi connectivity index (χ0n) is 19.8. The number of carbonyl (C=O) groups excluding carboxylic acids is 4. The molecule has 1 aromatic rings. The second-order valence-corrected chi connectivity index (χ2v) is 9.15. The van der Waals surface area contributed by atoms with Crippen molar-refractivity contribution < 1.29 is 47.8 Å². The summed E-state index contributed by atoms with van der Waals surface area (Å²) in [6.07, 6.45) is 0.609. The second kappa shape index (κ2) is 14.1. The summed E-state index contributed by atoms with van der Waals surface area (Å²) in [7, 11) is 0. The molecule has 0 radical (unpaired) electrons. The topological polar surface area (TPSA) is 172 Å². The second-order valence-electron chi connectivity index (χ2n) is 7.74. The van der Waals surface area contributed by atoms with Crippen molar-refractivity contribution in [2.45, 2.75) is 38.8 Å². The van der Waals surface area contributed by atoms with Crippen molar-refractivity contribution in [1.29, 1.82) is 0 Å². The van der Waals surface area contributed by atoms with Gasteiger partial charge in [-0.3, -0.25) is 24.0 Å². The van der Waals surface area contributed by atoms with Gasteiger partial charge in [-0.2, -0.15) is 0 Å². The standard InChI is InChI=1S/C23H28N2O10S/c1-3-8-33-20(30)7-9-36(32)13-15(2)22-21(23(31)25(22)11-19(28)29)24-18(27)12-34-16-5-4-6-17(10-16)35-14-26/h4-6,10,13-14,21-22H,3,7-9,11-12H2,1-2H3,(H,24,27)(H,28,29). The number of hydrogen-bond donors (Lipinski definition) is 2. The molecule has 1 saturated heterocycles. The highest BCUT2D eigenvalue weighted by molar-refractivity contribution is 7.94. The maximum atomic E-state index is 12.5. The number of likely N-dealkylation sites (tertiary alicyclic amines) is 1. The first kappa shape index (κ1) is 28.7. The number of carboxylic acids is 1. The van der Waals surface area contributed by atoms with Gasteiger partial charge in [-0.15, -0.1) is 0 Å². The number of carboxylic acid groups (broad SMARTS) is 1. The molecule has 3 unspecified atom stereocenters. The van der Waals surface area contributed by atoms with Gasteiger partial charge in [0, 0.05) is 6.07 Å². The van der Waals surface area contributed by atoms with Gasteiger partial charge in [0.2, 0.25) is 5.91 Å². The zero-order chi connectivity index (χ0) is 26.7. The molecule has 2 N–H and O–H groups in total. The number of nitrogens with zero attached hydrogens (tertiary/aromatic N) is 1. The quantitative estimate of drug-likeness (QED) is 0.141. The lowest BCUT2D eigenvalue weighted by Crippen LogP contribution is -2.72. The average molecular weight is 525 g/mol. The summed E-state index contributed by atoms with van der Waals surface area (Å²) in [4.78, 5) is 59.3. The maximum absolute atomic E-state index is 12.5. The van der Waals surface area contributed by atoms with E-state index in [2.05, 4.69) is 5.32 Å². The Morgan fingerprint density at radius 2 is 2.00 bits per heavy atom. The van der Waals surface area contributed by atoms with Crippen LogP contribution in [0, 0.1) is 0 Å². The highest BCUT2D eigenvalue weighted by Crippen LogP contribution is 2.27. The first-order chi connectivity index (χ1) is 17.2. The molecule has 0 aliphatic carbocycles. The summed E-state index contributed by atoms with van der Waals surface area (Å²) in [6.45, 7) is 2.87. The number of hydrogen-bond acceptors (Lipinski definition) is 9. The van der Waals surface area contributed by atoms with E-state index in [1.165, 1.54) is 23.6 Å². The van der Waals surface area contributed by atoms with E-state index in [0.29, 0.717) is 12.0 Å². The maximum Gasteiger partial charge on any atom is 0.323 e. The average Bonchev–Trinajstić information content (AvgIpc) is 2.84. The minimum atomic E-state index is -1.59. The summed E-state index contributed by atoms with van der Waals surface area (Å²) in [5, 5.41) is 13.0. The predicted molar refractivity (Wildman–Crippen MR) is 126 cm³/mol. The van der Waals surface area contributed by atoms with Crippen molar-refractivity contribution in [3.05, 3.63) is 35.2 Å². The monoisotopic (exact) mass is 524 g/mol. The number of nitrogens with one attached hydrogen (secondary N) is 1. The highest BCUT2D eigenvalue weighted by atomic mass is 32.2. The summed E-state index contributed by atoms with van der Waals surface area (Å²) >= 11 is -1.59. The summed E-state index contributed by atoms with van der Waals surface area (Å²) < 4.78 is 27.4. The molecular formula is C23H28N2O10S. The van der Waals surface area contributed by atoms with Crippen LogP contribution in [0.25, 0.3) is 0 Å². The number of esters is 1. The number of carbonyl (C=O) groups is 5. The van der Waals surface area contributed by atoms with Crippen LogP contribution in [-0.2, 0) is 39.9 Å². The SMILES string of the molecule is CCCOC(=O)CC[S+]([O-])C=C(C)C1C(NC(=O)COc2cccc(OC=O)c2)C(=O)N1CC(=O)O. The van der Waals surface area contributed by atoms with Crippen LogP contribution >= 0.6 is 0 Å². The molecule has 0 spiro atoms. The molecule has 1 aromatic carbocycles. The Labute approximate surface area is 210 Å². The Hall–Kier alpha value is -3.58. The van der Waals surface area contributed by atoms with Crippen LogP contribution in [0.15, 0.2) is 35.2 Å². The van der Waals surface area contributed by atoms with Crippen LogP contribution < -0.4 is 14.8 Å². The van der Waals surface area contributed by atoms with Gasteiger partial charge in [0.1, 0.15) is 35.2 Å². The van der Waals surface area contributed by atoms with Crippen LogP contribution in [0.2, 0.25) is 0 Å². The third-order valence-corrected chi connectivity index (χ3v) is 6.18. The van der Waals surface area contributed by atoms with Crippen molar-refractivity contribution in [3.63, 3.8) is 0 Å². The molecule has 196 valence electrons. The Kier molecular flexibility index (Phi) is 11.2. The number of rotatable bonds is 15. The van der Waals surface area contributed by atoms with Crippen molar-refractivity contribution in [2.24, 2.45) is 0 Å². The molecule has 13 heteroatoms. The molecule has 1 aliphatic heterocycles. The Balaban J connectivity index is 2.01. The van der Waals surface area contributed by atoms with E-state index in [-0.39, 0.29) is 36.8 Å². The van der Waals surface area contributed by atoms with Gasteiger partial charge in [-0.1, -0.05) is 13.0 Å². The normalized spacial score (nSPS) is 18.0. The lowest BCUT2D eigenvalue weighted by atomic mass is 9.89. The first-order valence-corrected chi connectivity index (χ1v) is 12.4. The lowest BCUT2D eigenvalue weighted by molar-refractivity contribution is -0.158. The van der Waals surface area contributed by atoms with Crippen molar-refractivity contribution >= 4 is 41.4 Å². The molecule has 3 atom stereocenters. The molecule has 0 bridgehead atoms. The van der Waals surface area contributed by atoms with Gasteiger partial charge in [0.15, 0.2) is 6.61 Å². The number of amides is 2. The molecule has 1 aliphatic rings. The third kappa shape index (κ3) is 8.57. The number of aliphatic carboxylic acids is 1. The molecular weight excluding hydrogens is 496 g/mol. The summed E-state index contributed by atoms with van der Waals surface area (Å²) in [5.41, 5.74) is 0.404. The van der Waals surface area contributed by atoms with Crippen LogP contribution in [0.5, 0.6) is 11.5 Å². The van der Waals surface area contributed by atoms with Gasteiger partial charge in [0.25, 0.3) is 12.4 Å². The molecule has 2 rings (SSSR count). The van der Waals surface area contributed by atoms with E-state index >= 15 is 0 Å². The minimum Gasteiger partial charge on any atom is -0.612 e. The van der Waals surface area contributed by atoms with Gasteiger partial charge in [-0.05, 0) is 42.2 Å². The van der Waals surface area contributed by atoms with E-state index in [4.69, 9.17) is 19.3 Å². The predicted octanol–water partition coefficient (Wildman–Crippen LogP) is 0.377. The fourth-order valence-electron chi connectivity index (χ4n) is 3.38. The summed E-state index contributed by atoms with van der Waals surface area (Å²) in [6, 6.07) is 4.10. The summed E-state index contributed by atoms with van der Waals surface area (Å²) in [5.74, 6) is -2.52. The van der Waals surface area contributed by atoms with E-state index in [0.717, 1.165) is 4.90 Å². The van der Waals surface area contributed by atoms with Gasteiger partial charge < -0.3 is 34.1 Å².